The standard InChI is InChI=1S/C26H28N6O2/c1-2-31(21-11-8-16-30(17-21)26(33)34-18-20-9-4-3-5-10-20)25-27-15-14-24(29-25)32-19-28-22-12-6-7-13-23(22)32/h3-7,9-10,12-15,19,21H,2,8,11,16-18H2,1H3. The molecular weight excluding hydrogens is 428 g/mol. The highest BCUT2D eigenvalue weighted by molar-refractivity contribution is 5.76. The second-order valence-corrected chi connectivity index (χ2v) is 8.39. The molecule has 0 spiro atoms. The van der Waals surface area contributed by atoms with E-state index in [-0.39, 0.29) is 18.7 Å². The highest BCUT2D eigenvalue weighted by Gasteiger charge is 2.29. The van der Waals surface area contributed by atoms with E-state index in [4.69, 9.17) is 9.72 Å². The molecule has 0 saturated carbocycles. The van der Waals surface area contributed by atoms with Crippen molar-refractivity contribution < 1.29 is 9.53 Å². The Morgan fingerprint density at radius 2 is 1.91 bits per heavy atom. The number of piperidine rings is 1. The van der Waals surface area contributed by atoms with Gasteiger partial charge in [-0.25, -0.2) is 14.8 Å². The zero-order valence-corrected chi connectivity index (χ0v) is 19.2. The molecule has 34 heavy (non-hydrogen) atoms. The fourth-order valence-electron chi connectivity index (χ4n) is 4.50. The number of nitrogens with zero attached hydrogens (tertiary/aromatic N) is 6. The van der Waals surface area contributed by atoms with E-state index in [1.807, 2.05) is 65.2 Å². The van der Waals surface area contributed by atoms with Crippen molar-refractivity contribution in [2.45, 2.75) is 32.4 Å². The van der Waals surface area contributed by atoms with Crippen molar-refractivity contribution in [1.29, 1.82) is 0 Å². The Bertz CT molecular complexity index is 1260. The van der Waals surface area contributed by atoms with E-state index in [0.29, 0.717) is 19.0 Å². The summed E-state index contributed by atoms with van der Waals surface area (Å²) in [5, 5.41) is 0. The van der Waals surface area contributed by atoms with Gasteiger partial charge in [-0.1, -0.05) is 42.5 Å². The number of likely N-dealkylation sites (N-methyl/N-ethyl adjacent to an activating group) is 1. The Labute approximate surface area is 198 Å². The smallest absolute Gasteiger partial charge is 0.410 e. The van der Waals surface area contributed by atoms with Gasteiger partial charge in [0.05, 0.1) is 11.0 Å². The molecule has 1 amide bonds. The van der Waals surface area contributed by atoms with Crippen molar-refractivity contribution in [3.05, 3.63) is 78.8 Å². The molecule has 0 N–H and O–H groups in total. The van der Waals surface area contributed by atoms with Crippen LogP contribution in [-0.4, -0.2) is 56.2 Å². The van der Waals surface area contributed by atoms with Gasteiger partial charge in [-0.05, 0) is 43.5 Å². The molecule has 0 aliphatic carbocycles. The molecule has 1 aliphatic heterocycles. The normalized spacial score (nSPS) is 15.9. The molecular formula is C26H28N6O2. The number of ether oxygens (including phenoxy) is 1. The van der Waals surface area contributed by atoms with E-state index in [2.05, 4.69) is 21.8 Å². The van der Waals surface area contributed by atoms with Gasteiger partial charge in [0.2, 0.25) is 5.95 Å². The van der Waals surface area contributed by atoms with Crippen LogP contribution in [-0.2, 0) is 11.3 Å². The lowest BCUT2D eigenvalue weighted by Crippen LogP contribution is -2.50. The molecule has 3 heterocycles. The van der Waals surface area contributed by atoms with Crippen LogP contribution in [0, 0.1) is 0 Å². The Balaban J connectivity index is 1.31. The number of para-hydroxylation sites is 2. The molecule has 1 atom stereocenters. The number of benzene rings is 2. The molecule has 1 aliphatic rings. The maximum atomic E-state index is 12.7. The predicted molar refractivity (Wildman–Crippen MR) is 131 cm³/mol. The lowest BCUT2D eigenvalue weighted by Gasteiger charge is -2.38. The summed E-state index contributed by atoms with van der Waals surface area (Å²) in [6, 6.07) is 19.8. The zero-order chi connectivity index (χ0) is 23.3. The minimum absolute atomic E-state index is 0.123. The van der Waals surface area contributed by atoms with Crippen LogP contribution in [0.5, 0.6) is 0 Å². The third-order valence-corrected chi connectivity index (χ3v) is 6.23. The number of hydrogen-bond acceptors (Lipinski definition) is 6. The van der Waals surface area contributed by atoms with Gasteiger partial charge >= 0.3 is 6.09 Å². The van der Waals surface area contributed by atoms with Gasteiger partial charge in [-0.15, -0.1) is 0 Å². The molecule has 1 saturated heterocycles. The molecule has 0 radical (unpaired) electrons. The lowest BCUT2D eigenvalue weighted by atomic mass is 10.0. The molecule has 8 nitrogen and oxygen atoms in total. The van der Waals surface area contributed by atoms with Gasteiger partial charge in [0.15, 0.2) is 0 Å². The summed E-state index contributed by atoms with van der Waals surface area (Å²) < 4.78 is 7.55. The number of likely N-dealkylation sites (tertiary alicyclic amines) is 1. The van der Waals surface area contributed by atoms with Crippen LogP contribution < -0.4 is 4.90 Å². The molecule has 5 rings (SSSR count). The second kappa shape index (κ2) is 9.91. The number of rotatable bonds is 6. The molecule has 1 fully saturated rings. The molecule has 174 valence electrons. The SMILES string of the molecule is CCN(c1nccc(-n2cnc3ccccc32)n1)C1CCCN(C(=O)OCc2ccccc2)C1. The summed E-state index contributed by atoms with van der Waals surface area (Å²) in [7, 11) is 0. The highest BCUT2D eigenvalue weighted by atomic mass is 16.6. The van der Waals surface area contributed by atoms with E-state index in [0.717, 1.165) is 41.8 Å². The van der Waals surface area contributed by atoms with Gasteiger partial charge in [-0.3, -0.25) is 4.57 Å². The van der Waals surface area contributed by atoms with Gasteiger partial charge in [-0.2, -0.15) is 4.98 Å². The van der Waals surface area contributed by atoms with E-state index in [1.54, 1.807) is 17.4 Å². The molecule has 4 aromatic rings. The van der Waals surface area contributed by atoms with Gasteiger partial charge < -0.3 is 14.5 Å². The number of anilines is 1. The van der Waals surface area contributed by atoms with E-state index < -0.39 is 0 Å². The first-order valence-corrected chi connectivity index (χ1v) is 11.7. The average Bonchev–Trinajstić information content (AvgIpc) is 3.33. The summed E-state index contributed by atoms with van der Waals surface area (Å²) in [6.45, 7) is 4.40. The second-order valence-electron chi connectivity index (χ2n) is 8.39. The Kier molecular flexibility index (Phi) is 6.38. The molecule has 2 aromatic heterocycles. The van der Waals surface area contributed by atoms with Crippen LogP contribution in [0.15, 0.2) is 73.2 Å². The monoisotopic (exact) mass is 456 g/mol. The number of aromatic nitrogens is 4. The number of carbonyl (C=O) groups is 1. The minimum atomic E-state index is -0.274. The molecule has 1 unspecified atom stereocenters. The maximum absolute atomic E-state index is 12.7. The van der Waals surface area contributed by atoms with Crippen LogP contribution in [0.2, 0.25) is 0 Å². The van der Waals surface area contributed by atoms with Gasteiger partial charge in [0, 0.05) is 31.9 Å². The average molecular weight is 457 g/mol. The summed E-state index contributed by atoms with van der Waals surface area (Å²) in [5.41, 5.74) is 2.91. The van der Waals surface area contributed by atoms with Crippen LogP contribution in [0.25, 0.3) is 16.9 Å². The van der Waals surface area contributed by atoms with E-state index >= 15 is 0 Å². The summed E-state index contributed by atoms with van der Waals surface area (Å²) in [4.78, 5) is 30.6. The van der Waals surface area contributed by atoms with Crippen LogP contribution in [0.3, 0.4) is 0 Å². The fraction of sp³-hybridized carbons (Fsp3) is 0.308. The summed E-state index contributed by atoms with van der Waals surface area (Å²) >= 11 is 0. The zero-order valence-electron chi connectivity index (χ0n) is 19.2. The van der Waals surface area contributed by atoms with Crippen LogP contribution >= 0.6 is 0 Å². The summed E-state index contributed by atoms with van der Waals surface area (Å²) in [5.74, 6) is 1.43. The number of imidazole rings is 1. The first-order chi connectivity index (χ1) is 16.7. The number of hydrogen-bond donors (Lipinski definition) is 0. The predicted octanol–water partition coefficient (Wildman–Crippen LogP) is 4.44. The van der Waals surface area contributed by atoms with Crippen molar-refractivity contribution in [2.75, 3.05) is 24.5 Å². The van der Waals surface area contributed by atoms with Crippen LogP contribution in [0.4, 0.5) is 10.7 Å². The van der Waals surface area contributed by atoms with Crippen molar-refractivity contribution in [3.63, 3.8) is 0 Å². The first kappa shape index (κ1) is 21.9. The minimum Gasteiger partial charge on any atom is -0.445 e. The lowest BCUT2D eigenvalue weighted by molar-refractivity contribution is 0.0855. The number of carbonyl (C=O) groups excluding carboxylic acids is 1. The van der Waals surface area contributed by atoms with Crippen molar-refractivity contribution >= 4 is 23.1 Å². The van der Waals surface area contributed by atoms with Crippen molar-refractivity contribution in [3.8, 4) is 5.82 Å². The maximum Gasteiger partial charge on any atom is 0.410 e. The quantitative estimate of drug-likeness (QED) is 0.427. The highest BCUT2D eigenvalue weighted by Crippen LogP contribution is 2.23. The summed E-state index contributed by atoms with van der Waals surface area (Å²) in [6.07, 6.45) is 5.18. The largest absolute Gasteiger partial charge is 0.445 e. The van der Waals surface area contributed by atoms with E-state index in [9.17, 15) is 4.79 Å². The first-order valence-electron chi connectivity index (χ1n) is 11.7. The Hall–Kier alpha value is -3.94. The third-order valence-electron chi connectivity index (χ3n) is 6.23. The molecule has 0 bridgehead atoms. The fourth-order valence-corrected chi connectivity index (χ4v) is 4.50. The third kappa shape index (κ3) is 4.57. The van der Waals surface area contributed by atoms with Crippen LogP contribution in [0.1, 0.15) is 25.3 Å². The molecule has 8 heteroatoms. The molecule has 2 aromatic carbocycles. The van der Waals surface area contributed by atoms with Gasteiger partial charge in [0.1, 0.15) is 18.8 Å². The van der Waals surface area contributed by atoms with E-state index in [1.165, 1.54) is 0 Å². The topological polar surface area (TPSA) is 76.4 Å². The number of fused-ring (bicyclic) bond motifs is 1. The Morgan fingerprint density at radius 3 is 2.76 bits per heavy atom. The number of amides is 1. The van der Waals surface area contributed by atoms with Crippen molar-refractivity contribution in [1.82, 2.24) is 24.4 Å². The van der Waals surface area contributed by atoms with Crippen molar-refractivity contribution in [2.24, 2.45) is 0 Å². The Morgan fingerprint density at radius 1 is 1.09 bits per heavy atom. The van der Waals surface area contributed by atoms with Gasteiger partial charge in [0.25, 0.3) is 0 Å².